The molecular formula is C13H22O. The van der Waals surface area contributed by atoms with Crippen molar-refractivity contribution in [3.63, 3.8) is 0 Å². The first-order valence-electron chi connectivity index (χ1n) is 5.24. The molecular weight excluding hydrogens is 172 g/mol. The molecule has 1 aromatic carbocycles. The van der Waals surface area contributed by atoms with Gasteiger partial charge in [0, 0.05) is 0 Å². The summed E-state index contributed by atoms with van der Waals surface area (Å²) >= 11 is 0. The van der Waals surface area contributed by atoms with Gasteiger partial charge in [-0.2, -0.15) is 0 Å². The topological polar surface area (TPSA) is 20.2 Å². The molecule has 1 rings (SSSR count). The minimum Gasteiger partial charge on any atom is -0.508 e. The van der Waals surface area contributed by atoms with Crippen LogP contribution in [0.1, 0.15) is 40.2 Å². The highest BCUT2D eigenvalue weighted by Crippen LogP contribution is 2.11. The van der Waals surface area contributed by atoms with E-state index in [2.05, 4.69) is 0 Å². The molecule has 0 bridgehead atoms. The molecule has 0 unspecified atom stereocenters. The third-order valence-corrected chi connectivity index (χ3v) is 1.23. The van der Waals surface area contributed by atoms with E-state index in [0.717, 1.165) is 5.56 Å². The molecule has 0 radical (unpaired) electrons. The van der Waals surface area contributed by atoms with Crippen LogP contribution in [0.4, 0.5) is 0 Å². The zero-order valence-corrected chi connectivity index (χ0v) is 9.91. The van der Waals surface area contributed by atoms with E-state index in [1.54, 1.807) is 12.1 Å². The van der Waals surface area contributed by atoms with Crippen molar-refractivity contribution in [2.75, 3.05) is 0 Å². The number of benzene rings is 1. The molecule has 0 aliphatic heterocycles. The molecule has 0 saturated carbocycles. The largest absolute Gasteiger partial charge is 0.508 e. The summed E-state index contributed by atoms with van der Waals surface area (Å²) in [5, 5.41) is 9.01. The minimum absolute atomic E-state index is 0.315. The Hall–Kier alpha value is -1.24. The molecule has 0 saturated heterocycles. The minimum atomic E-state index is 0.315. The van der Waals surface area contributed by atoms with Crippen molar-refractivity contribution in [1.82, 2.24) is 0 Å². The molecule has 1 nitrogen and oxygen atoms in total. The van der Waals surface area contributed by atoms with Crippen molar-refractivity contribution >= 4 is 6.08 Å². The van der Waals surface area contributed by atoms with Gasteiger partial charge in [0.05, 0.1) is 0 Å². The lowest BCUT2D eigenvalue weighted by atomic mass is 10.2. The standard InChI is InChI=1S/C9H10O.2C2H6/c1-2-4-8-5-3-6-9(10)7-8;2*1-2/h2-7,10H,1H3;2*1-2H3/b4-2+;;. The smallest absolute Gasteiger partial charge is 0.116 e. The third-order valence-electron chi connectivity index (χ3n) is 1.23. The summed E-state index contributed by atoms with van der Waals surface area (Å²) in [7, 11) is 0. The molecule has 1 aromatic rings. The maximum Gasteiger partial charge on any atom is 0.116 e. The zero-order chi connectivity index (χ0) is 11.4. The van der Waals surface area contributed by atoms with Crippen molar-refractivity contribution in [3.8, 4) is 5.75 Å². The fourth-order valence-electron chi connectivity index (χ4n) is 0.821. The van der Waals surface area contributed by atoms with Gasteiger partial charge in [-0.1, -0.05) is 52.0 Å². The van der Waals surface area contributed by atoms with E-state index >= 15 is 0 Å². The number of phenols is 1. The van der Waals surface area contributed by atoms with E-state index in [-0.39, 0.29) is 0 Å². The Bertz CT molecular complexity index is 239. The fourth-order valence-corrected chi connectivity index (χ4v) is 0.821. The lowest BCUT2D eigenvalue weighted by Crippen LogP contribution is -1.68. The predicted molar refractivity (Wildman–Crippen MR) is 65.5 cm³/mol. The Morgan fingerprint density at radius 3 is 2.07 bits per heavy atom. The predicted octanol–water partition coefficient (Wildman–Crippen LogP) is 4.48. The number of allylic oxidation sites excluding steroid dienone is 1. The van der Waals surface area contributed by atoms with Crippen LogP contribution < -0.4 is 0 Å². The van der Waals surface area contributed by atoms with Crippen molar-refractivity contribution in [3.05, 3.63) is 35.9 Å². The van der Waals surface area contributed by atoms with E-state index < -0.39 is 0 Å². The maximum atomic E-state index is 9.01. The van der Waals surface area contributed by atoms with E-state index in [1.165, 1.54) is 0 Å². The molecule has 0 aliphatic carbocycles. The van der Waals surface area contributed by atoms with Crippen molar-refractivity contribution < 1.29 is 5.11 Å². The molecule has 1 heteroatoms. The Kier molecular flexibility index (Phi) is 12.8. The highest BCUT2D eigenvalue weighted by Gasteiger charge is 1.86. The van der Waals surface area contributed by atoms with Gasteiger partial charge in [-0.3, -0.25) is 0 Å². The second-order valence-electron chi connectivity index (χ2n) is 2.09. The second kappa shape index (κ2) is 11.8. The number of aromatic hydroxyl groups is 1. The first-order chi connectivity index (χ1) is 6.83. The van der Waals surface area contributed by atoms with Crippen LogP contribution in [0.25, 0.3) is 6.08 Å². The van der Waals surface area contributed by atoms with Gasteiger partial charge in [0.1, 0.15) is 5.75 Å². The molecule has 0 aliphatic rings. The van der Waals surface area contributed by atoms with Gasteiger partial charge < -0.3 is 5.11 Å². The summed E-state index contributed by atoms with van der Waals surface area (Å²) < 4.78 is 0. The van der Waals surface area contributed by atoms with Crippen LogP contribution in [0, 0.1) is 0 Å². The normalized spacial score (nSPS) is 8.36. The molecule has 14 heavy (non-hydrogen) atoms. The van der Waals surface area contributed by atoms with Gasteiger partial charge in [-0.15, -0.1) is 0 Å². The summed E-state index contributed by atoms with van der Waals surface area (Å²) in [5.74, 6) is 0.315. The quantitative estimate of drug-likeness (QED) is 0.699. The summed E-state index contributed by atoms with van der Waals surface area (Å²) in [4.78, 5) is 0. The van der Waals surface area contributed by atoms with E-state index in [9.17, 15) is 0 Å². The van der Waals surface area contributed by atoms with Gasteiger partial charge in [0.15, 0.2) is 0 Å². The fraction of sp³-hybridized carbons (Fsp3) is 0.385. The molecule has 80 valence electrons. The SMILES string of the molecule is C/C=C/c1cccc(O)c1.CC.CC. The van der Waals surface area contributed by atoms with E-state index in [4.69, 9.17) is 5.11 Å². The van der Waals surface area contributed by atoms with Crippen LogP contribution in [-0.4, -0.2) is 5.11 Å². The van der Waals surface area contributed by atoms with Gasteiger partial charge in [-0.05, 0) is 24.6 Å². The van der Waals surface area contributed by atoms with Crippen molar-refractivity contribution in [1.29, 1.82) is 0 Å². The zero-order valence-electron chi connectivity index (χ0n) is 9.91. The summed E-state index contributed by atoms with van der Waals surface area (Å²) in [6.45, 7) is 9.95. The Morgan fingerprint density at radius 1 is 1.07 bits per heavy atom. The maximum absolute atomic E-state index is 9.01. The van der Waals surface area contributed by atoms with Crippen LogP contribution >= 0.6 is 0 Å². The molecule has 1 N–H and O–H groups in total. The van der Waals surface area contributed by atoms with Crippen molar-refractivity contribution in [2.24, 2.45) is 0 Å². The van der Waals surface area contributed by atoms with E-state index in [1.807, 2.05) is 58.9 Å². The van der Waals surface area contributed by atoms with Crippen molar-refractivity contribution in [2.45, 2.75) is 34.6 Å². The number of hydrogen-bond acceptors (Lipinski definition) is 1. The molecule has 0 atom stereocenters. The second-order valence-corrected chi connectivity index (χ2v) is 2.09. The molecule has 0 amide bonds. The molecule has 0 aromatic heterocycles. The Labute approximate surface area is 88.1 Å². The van der Waals surface area contributed by atoms with Crippen LogP contribution in [-0.2, 0) is 0 Å². The lowest BCUT2D eigenvalue weighted by Gasteiger charge is -1.92. The third kappa shape index (κ3) is 7.41. The van der Waals surface area contributed by atoms with Crippen LogP contribution in [0.5, 0.6) is 5.75 Å². The Balaban J connectivity index is 0. The average molecular weight is 194 g/mol. The summed E-state index contributed by atoms with van der Waals surface area (Å²) in [6.07, 6.45) is 3.88. The summed E-state index contributed by atoms with van der Waals surface area (Å²) in [5.41, 5.74) is 1.03. The number of rotatable bonds is 1. The van der Waals surface area contributed by atoms with Crippen LogP contribution in [0.3, 0.4) is 0 Å². The molecule has 0 heterocycles. The first kappa shape index (κ1) is 15.2. The van der Waals surface area contributed by atoms with Crippen LogP contribution in [0.2, 0.25) is 0 Å². The first-order valence-corrected chi connectivity index (χ1v) is 5.24. The molecule has 0 fully saturated rings. The monoisotopic (exact) mass is 194 g/mol. The number of phenolic OH excluding ortho intramolecular Hbond substituents is 1. The average Bonchev–Trinajstić information content (AvgIpc) is 2.24. The summed E-state index contributed by atoms with van der Waals surface area (Å²) in [6, 6.07) is 7.15. The van der Waals surface area contributed by atoms with Gasteiger partial charge in [-0.25, -0.2) is 0 Å². The highest BCUT2D eigenvalue weighted by atomic mass is 16.3. The lowest BCUT2D eigenvalue weighted by molar-refractivity contribution is 0.475. The van der Waals surface area contributed by atoms with Gasteiger partial charge in [0.25, 0.3) is 0 Å². The highest BCUT2D eigenvalue weighted by molar-refractivity contribution is 5.50. The van der Waals surface area contributed by atoms with E-state index in [0.29, 0.717) is 5.75 Å². The van der Waals surface area contributed by atoms with Gasteiger partial charge >= 0.3 is 0 Å². The van der Waals surface area contributed by atoms with Crippen LogP contribution in [0.15, 0.2) is 30.3 Å². The van der Waals surface area contributed by atoms with Gasteiger partial charge in [0.2, 0.25) is 0 Å². The Morgan fingerprint density at radius 2 is 1.64 bits per heavy atom. The number of hydrogen-bond donors (Lipinski definition) is 1. The molecule has 0 spiro atoms.